The van der Waals surface area contributed by atoms with Crippen LogP contribution in [0.5, 0.6) is 0 Å². The van der Waals surface area contributed by atoms with E-state index in [4.69, 9.17) is 0 Å². The lowest BCUT2D eigenvalue weighted by molar-refractivity contribution is 0.0945. The minimum absolute atomic E-state index is 0.134. The predicted octanol–water partition coefficient (Wildman–Crippen LogP) is 3.71. The van der Waals surface area contributed by atoms with E-state index in [2.05, 4.69) is 23.9 Å². The summed E-state index contributed by atoms with van der Waals surface area (Å²) < 4.78 is 27.1. The van der Waals surface area contributed by atoms with Gasteiger partial charge in [-0.1, -0.05) is 52.5 Å². The highest BCUT2D eigenvalue weighted by Gasteiger charge is 2.16. The van der Waals surface area contributed by atoms with E-state index in [1.54, 1.807) is 12.1 Å². The molecule has 0 bridgehead atoms. The minimum atomic E-state index is -3.57. The number of nitrogens with one attached hydrogen (secondary N) is 2. The van der Waals surface area contributed by atoms with Crippen LogP contribution >= 0.6 is 0 Å². The molecule has 1 amide bonds. The number of hydrogen-bond acceptors (Lipinski definition) is 3. The summed E-state index contributed by atoms with van der Waals surface area (Å²) in [6.45, 7) is 7.32. The Kier molecular flexibility index (Phi) is 9.75. The molecule has 5 nitrogen and oxygen atoms in total. The van der Waals surface area contributed by atoms with Crippen LogP contribution in [0, 0.1) is 5.92 Å². The molecular formula is C19H32N2O3S. The molecule has 0 saturated heterocycles. The van der Waals surface area contributed by atoms with Crippen molar-refractivity contribution in [1.29, 1.82) is 0 Å². The standard InChI is InChI=1S/C19H32N2O3S/c1-4-7-10-16(6-3)15-20-19(22)17-11-9-12-18(14-17)25(23,24)21-13-8-5-2/h9,11-12,14,16,21H,4-8,10,13,15H2,1-3H3,(H,20,22). The van der Waals surface area contributed by atoms with Crippen molar-refractivity contribution in [3.8, 4) is 0 Å². The summed E-state index contributed by atoms with van der Waals surface area (Å²) in [5.41, 5.74) is 0.378. The first-order chi connectivity index (χ1) is 11.9. The SMILES string of the molecule is CCCCNS(=O)(=O)c1cccc(C(=O)NCC(CC)CCCC)c1. The number of carbonyl (C=O) groups excluding carboxylic acids is 1. The molecule has 1 aromatic carbocycles. The fraction of sp³-hybridized carbons (Fsp3) is 0.632. The largest absolute Gasteiger partial charge is 0.352 e. The summed E-state index contributed by atoms with van der Waals surface area (Å²) in [6, 6.07) is 6.21. The highest BCUT2D eigenvalue weighted by molar-refractivity contribution is 7.89. The maximum Gasteiger partial charge on any atom is 0.251 e. The maximum absolute atomic E-state index is 12.4. The van der Waals surface area contributed by atoms with Crippen LogP contribution in [0.25, 0.3) is 0 Å². The fourth-order valence-electron chi connectivity index (χ4n) is 2.55. The minimum Gasteiger partial charge on any atom is -0.352 e. The summed E-state index contributed by atoms with van der Waals surface area (Å²) >= 11 is 0. The summed E-state index contributed by atoms with van der Waals surface area (Å²) in [5.74, 6) is 0.243. The van der Waals surface area contributed by atoms with Gasteiger partial charge in [-0.2, -0.15) is 0 Å². The summed E-state index contributed by atoms with van der Waals surface area (Å²) in [4.78, 5) is 12.5. The number of hydrogen-bond donors (Lipinski definition) is 2. The van der Waals surface area contributed by atoms with Gasteiger partial charge in [0.05, 0.1) is 4.90 Å². The average Bonchev–Trinajstić information content (AvgIpc) is 2.62. The zero-order valence-electron chi connectivity index (χ0n) is 15.7. The van der Waals surface area contributed by atoms with Gasteiger partial charge in [0.2, 0.25) is 10.0 Å². The highest BCUT2D eigenvalue weighted by atomic mass is 32.2. The van der Waals surface area contributed by atoms with Crippen LogP contribution in [0.15, 0.2) is 29.2 Å². The first-order valence-corrected chi connectivity index (χ1v) is 10.8. The number of sulfonamides is 1. The zero-order valence-corrected chi connectivity index (χ0v) is 16.5. The van der Waals surface area contributed by atoms with E-state index in [0.29, 0.717) is 24.6 Å². The van der Waals surface area contributed by atoms with Gasteiger partial charge >= 0.3 is 0 Å². The fourth-order valence-corrected chi connectivity index (χ4v) is 3.67. The molecule has 0 aliphatic carbocycles. The first-order valence-electron chi connectivity index (χ1n) is 9.32. The van der Waals surface area contributed by atoms with E-state index in [9.17, 15) is 13.2 Å². The van der Waals surface area contributed by atoms with Crippen LogP contribution in [-0.4, -0.2) is 27.4 Å². The topological polar surface area (TPSA) is 75.3 Å². The van der Waals surface area contributed by atoms with Crippen LogP contribution in [0.3, 0.4) is 0 Å². The maximum atomic E-state index is 12.4. The normalized spacial score (nSPS) is 12.8. The molecule has 0 saturated carbocycles. The molecule has 142 valence electrons. The molecule has 0 aliphatic rings. The summed E-state index contributed by atoms with van der Waals surface area (Å²) in [7, 11) is -3.57. The molecule has 0 aliphatic heterocycles. The molecule has 1 rings (SSSR count). The molecule has 0 heterocycles. The predicted molar refractivity (Wildman–Crippen MR) is 102 cm³/mol. The van der Waals surface area contributed by atoms with Gasteiger partial charge in [0.15, 0.2) is 0 Å². The first kappa shape index (κ1) is 21.6. The van der Waals surface area contributed by atoms with Crippen molar-refractivity contribution in [2.45, 2.75) is 64.2 Å². The van der Waals surface area contributed by atoms with Crippen LogP contribution in [-0.2, 0) is 10.0 Å². The van der Waals surface area contributed by atoms with Crippen LogP contribution in [0.1, 0.15) is 69.7 Å². The Morgan fingerprint density at radius 1 is 1.12 bits per heavy atom. The van der Waals surface area contributed by atoms with Crippen molar-refractivity contribution < 1.29 is 13.2 Å². The van der Waals surface area contributed by atoms with E-state index in [0.717, 1.165) is 38.5 Å². The second kappa shape index (κ2) is 11.3. The van der Waals surface area contributed by atoms with Gasteiger partial charge in [-0.05, 0) is 37.0 Å². The molecule has 25 heavy (non-hydrogen) atoms. The number of unbranched alkanes of at least 4 members (excludes halogenated alkanes) is 2. The van der Waals surface area contributed by atoms with Crippen molar-refractivity contribution in [3.05, 3.63) is 29.8 Å². The Labute approximate surface area is 152 Å². The zero-order chi connectivity index (χ0) is 18.7. The van der Waals surface area contributed by atoms with E-state index >= 15 is 0 Å². The summed E-state index contributed by atoms with van der Waals surface area (Å²) in [5, 5.41) is 2.94. The smallest absolute Gasteiger partial charge is 0.251 e. The lowest BCUT2D eigenvalue weighted by Gasteiger charge is -2.15. The third kappa shape index (κ3) is 7.57. The third-order valence-corrected chi connectivity index (χ3v) is 5.78. The Hall–Kier alpha value is -1.40. The van der Waals surface area contributed by atoms with E-state index in [1.807, 2.05) is 6.92 Å². The molecule has 0 spiro atoms. The highest BCUT2D eigenvalue weighted by Crippen LogP contribution is 2.14. The van der Waals surface area contributed by atoms with E-state index in [1.165, 1.54) is 12.1 Å². The lowest BCUT2D eigenvalue weighted by atomic mass is 9.99. The number of benzene rings is 1. The molecule has 1 unspecified atom stereocenters. The van der Waals surface area contributed by atoms with Crippen LogP contribution in [0.4, 0.5) is 0 Å². The third-order valence-electron chi connectivity index (χ3n) is 4.32. The number of carbonyl (C=O) groups is 1. The molecule has 0 fully saturated rings. The van der Waals surface area contributed by atoms with Gasteiger partial charge in [-0.15, -0.1) is 0 Å². The molecule has 2 N–H and O–H groups in total. The Morgan fingerprint density at radius 3 is 2.48 bits per heavy atom. The van der Waals surface area contributed by atoms with Gasteiger partial charge in [-0.3, -0.25) is 4.79 Å². The lowest BCUT2D eigenvalue weighted by Crippen LogP contribution is -2.29. The van der Waals surface area contributed by atoms with Crippen LogP contribution < -0.4 is 10.0 Å². The van der Waals surface area contributed by atoms with Crippen molar-refractivity contribution in [2.24, 2.45) is 5.92 Å². The van der Waals surface area contributed by atoms with E-state index < -0.39 is 10.0 Å². The molecule has 0 radical (unpaired) electrons. The van der Waals surface area contributed by atoms with Crippen molar-refractivity contribution in [3.63, 3.8) is 0 Å². The average molecular weight is 369 g/mol. The van der Waals surface area contributed by atoms with Gasteiger partial charge in [0.25, 0.3) is 5.91 Å². The van der Waals surface area contributed by atoms with Gasteiger partial charge < -0.3 is 5.32 Å². The van der Waals surface area contributed by atoms with E-state index in [-0.39, 0.29) is 10.8 Å². The molecule has 1 aromatic rings. The quantitative estimate of drug-likeness (QED) is 0.552. The second-order valence-electron chi connectivity index (χ2n) is 6.41. The Balaban J connectivity index is 2.71. The molecule has 1 atom stereocenters. The Bertz CT molecular complexity index is 629. The summed E-state index contributed by atoms with van der Waals surface area (Å²) in [6.07, 6.45) is 6.14. The molecular weight excluding hydrogens is 336 g/mol. The molecule has 0 aromatic heterocycles. The monoisotopic (exact) mass is 368 g/mol. The second-order valence-corrected chi connectivity index (χ2v) is 8.17. The van der Waals surface area contributed by atoms with Crippen molar-refractivity contribution >= 4 is 15.9 Å². The van der Waals surface area contributed by atoms with Gasteiger partial charge in [0, 0.05) is 18.7 Å². The van der Waals surface area contributed by atoms with Gasteiger partial charge in [0.1, 0.15) is 0 Å². The molecule has 6 heteroatoms. The van der Waals surface area contributed by atoms with Gasteiger partial charge in [-0.25, -0.2) is 13.1 Å². The van der Waals surface area contributed by atoms with Crippen LogP contribution in [0.2, 0.25) is 0 Å². The number of amides is 1. The number of rotatable bonds is 12. The Morgan fingerprint density at radius 2 is 1.84 bits per heavy atom. The van der Waals surface area contributed by atoms with Crippen molar-refractivity contribution in [1.82, 2.24) is 10.0 Å². The van der Waals surface area contributed by atoms with Crippen molar-refractivity contribution in [2.75, 3.05) is 13.1 Å².